The van der Waals surface area contributed by atoms with Crippen LogP contribution in [0.1, 0.15) is 48.1 Å². The molecule has 1 aromatic rings. The van der Waals surface area contributed by atoms with Crippen LogP contribution in [-0.2, 0) is 93.8 Å². The summed E-state index contributed by atoms with van der Waals surface area (Å²) in [4.78, 5) is 112. The first kappa shape index (κ1) is 62.8. The maximum Gasteiger partial charge on any atom is 1.00 e. The number of rotatable bonds is 6. The molecule has 1 radical (unpaired) electrons. The molecule has 3 rings (SSSR count). The minimum absolute atomic E-state index is 0. The molecule has 0 aromatic carbocycles. The van der Waals surface area contributed by atoms with Gasteiger partial charge in [-0.1, -0.05) is 14.9 Å². The predicted octanol–water partition coefficient (Wildman–Crippen LogP) is -8.01. The number of ketones is 4. The molecule has 1 saturated heterocycles. The van der Waals surface area contributed by atoms with Crippen LogP contribution in [0.25, 0.3) is 0 Å². The molecule has 0 spiro atoms. The maximum atomic E-state index is 11.1. The number of anilines is 2. The molecule has 279 valence electrons. The number of nitrogens with two attached hydrogens (primary N) is 4. The van der Waals surface area contributed by atoms with E-state index in [1.807, 2.05) is 21.3 Å². The van der Waals surface area contributed by atoms with Crippen molar-refractivity contribution in [1.29, 1.82) is 5.41 Å². The number of Topliss-reactive ketones (excluding diaryl/α,β-unsaturated/α-hetero) is 4. The molecule has 0 bridgehead atoms. The zero-order valence-electron chi connectivity index (χ0n) is 27.2. The Morgan fingerprint density at radius 2 is 1.25 bits per heavy atom. The topological polar surface area (TPSA) is 411 Å². The zero-order chi connectivity index (χ0) is 36.5. The first-order chi connectivity index (χ1) is 21.2. The molecule has 2 aliphatic heterocycles. The van der Waals surface area contributed by atoms with Gasteiger partial charge in [-0.15, -0.1) is 0 Å². The van der Waals surface area contributed by atoms with Crippen LogP contribution in [0.5, 0.6) is 0 Å². The molecule has 51 heavy (non-hydrogen) atoms. The number of aromatic nitrogens is 2. The monoisotopic (exact) mass is 983 g/mol. The first-order valence-electron chi connectivity index (χ1n) is 12.4. The van der Waals surface area contributed by atoms with E-state index in [1.54, 1.807) is 0 Å². The zero-order valence-corrected chi connectivity index (χ0v) is 34.9. The fourth-order valence-corrected chi connectivity index (χ4v) is 2.85. The molecule has 1 aromatic heterocycles. The summed E-state index contributed by atoms with van der Waals surface area (Å²) in [5.74, 6) is -3.32. The molecule has 3 heterocycles. The van der Waals surface area contributed by atoms with E-state index >= 15 is 0 Å². The van der Waals surface area contributed by atoms with Gasteiger partial charge >= 0.3 is 41.6 Å². The Hall–Kier alpha value is -3.31. The Balaban J connectivity index is -0.0000000976. The van der Waals surface area contributed by atoms with Gasteiger partial charge in [0.05, 0.1) is 12.0 Å². The Kier molecular flexibility index (Phi) is 38.7. The van der Waals surface area contributed by atoms with Gasteiger partial charge in [-0.05, 0) is 27.7 Å². The van der Waals surface area contributed by atoms with Crippen molar-refractivity contribution in [2.75, 3.05) is 18.2 Å². The van der Waals surface area contributed by atoms with E-state index in [9.17, 15) is 47.9 Å². The number of aromatic amines is 1. The van der Waals surface area contributed by atoms with Crippen LogP contribution in [0.3, 0.4) is 0 Å². The van der Waals surface area contributed by atoms with Gasteiger partial charge in [0, 0.05) is 53.8 Å². The summed E-state index contributed by atoms with van der Waals surface area (Å²) in [6.07, 6.45) is 0.0813. The fourth-order valence-electron chi connectivity index (χ4n) is 2.85. The standard InChI is InChI=1S/C6H6N4O2.C6H10N2O3.C5H7N5O3.C5H9NO2.CH3O.2CH4.Na.W.Y/c7-6-9-4-2(5(12)10-6)1-3(11)8-4;1-3(9)5(4(2)10)8-6(7)11;6-4-9-2(11)1(3(12)10-4)8-5(7)13;1-3(7)5(6)4(2)8;1-2;;;;;/h1H2,(H4,7,8,9,10,11,12);5H,1-2H3,(H3,7,8,11);1H,(H3,7,8,13)(H3,6,9,10,11,12);5H,6H2,1-2H3;1H3;2*1H4;;;/q;;;;-1;;;+1;;. The smallest absolute Gasteiger partial charge is 0.857 e. The third kappa shape index (κ3) is 25.3. The van der Waals surface area contributed by atoms with Gasteiger partial charge in [-0.2, -0.15) is 12.1 Å². The van der Waals surface area contributed by atoms with Crippen molar-refractivity contribution in [2.45, 2.75) is 67.1 Å². The summed E-state index contributed by atoms with van der Waals surface area (Å²) < 4.78 is 0. The van der Waals surface area contributed by atoms with E-state index in [1.165, 1.54) is 27.7 Å². The Morgan fingerprint density at radius 1 is 0.843 bits per heavy atom. The third-order valence-electron chi connectivity index (χ3n) is 4.91. The number of carbonyl (C=O) groups excluding carboxylic acids is 9. The molecule has 0 aliphatic carbocycles. The van der Waals surface area contributed by atoms with Gasteiger partial charge in [-0.3, -0.25) is 59.4 Å². The van der Waals surface area contributed by atoms with Crippen LogP contribution in [0, 0.1) is 5.41 Å². The van der Waals surface area contributed by atoms with E-state index in [-0.39, 0.29) is 139 Å². The molecular formula is C25H43N12NaO11WY. The molecule has 26 heteroatoms. The number of hydrogen-bond donors (Lipinski definition) is 11. The largest absolute Gasteiger partial charge is 1.00 e. The van der Waals surface area contributed by atoms with Crippen molar-refractivity contribution in [3.05, 3.63) is 15.9 Å². The molecule has 7 amide bonds. The summed E-state index contributed by atoms with van der Waals surface area (Å²) in [7, 11) is 0.750. The van der Waals surface area contributed by atoms with Crippen LogP contribution in [0.4, 0.5) is 21.4 Å². The van der Waals surface area contributed by atoms with E-state index in [0.29, 0.717) is 5.56 Å². The Morgan fingerprint density at radius 3 is 1.55 bits per heavy atom. The number of hydrogen-bond acceptors (Lipinski definition) is 15. The van der Waals surface area contributed by atoms with Gasteiger partial charge in [0.1, 0.15) is 17.9 Å². The first-order valence-corrected chi connectivity index (χ1v) is 12.4. The van der Waals surface area contributed by atoms with Crippen LogP contribution in [0.2, 0.25) is 0 Å². The Labute approximate surface area is 354 Å². The minimum atomic E-state index is -1.37. The van der Waals surface area contributed by atoms with Gasteiger partial charge < -0.3 is 44.0 Å². The van der Waals surface area contributed by atoms with Crippen LogP contribution < -0.4 is 89.7 Å². The van der Waals surface area contributed by atoms with Gasteiger partial charge in [0.25, 0.3) is 17.4 Å². The van der Waals surface area contributed by atoms with Gasteiger partial charge in [0.2, 0.25) is 17.8 Å². The third-order valence-corrected chi connectivity index (χ3v) is 4.91. The number of nitrogen functional groups attached to an aromatic ring is 1. The number of H-pyrrole nitrogens is 1. The number of carbonyl (C=O) groups is 9. The average Bonchev–Trinajstić information content (AvgIpc) is 3.31. The number of nitrogens with zero attached hydrogens (tertiary/aromatic N) is 1. The predicted molar refractivity (Wildman–Crippen MR) is 169 cm³/mol. The van der Waals surface area contributed by atoms with Crippen molar-refractivity contribution in [1.82, 2.24) is 31.2 Å². The second kappa shape index (κ2) is 31.4. The average molecular weight is 983 g/mol. The van der Waals surface area contributed by atoms with Crippen molar-refractivity contribution < 1.29 is 132 Å². The quantitative estimate of drug-likeness (QED) is 0.0932. The normalized spacial score (nSPS) is 12.5. The number of guanidine groups is 1. The van der Waals surface area contributed by atoms with Crippen molar-refractivity contribution in [2.24, 2.45) is 17.2 Å². The Bertz CT molecular complexity index is 1420. The number of primary amides is 2. The maximum absolute atomic E-state index is 11.1. The molecule has 23 nitrogen and oxygen atoms in total. The SMILES string of the molecule is C.C.CC(=O)C(N)C(C)=O.CC(=O)C(NC(N)=O)C(C)=O.C[O-].N=C1NC(=O)C(NC(N)=O)C(=O)N1.Nc1nc2c(c(=O)[nH]1)CC(=O)N2.[Na+].[W].[Y]. The van der Waals surface area contributed by atoms with Crippen molar-refractivity contribution in [3.8, 4) is 0 Å². The second-order valence-corrected chi connectivity index (χ2v) is 8.66. The van der Waals surface area contributed by atoms with Crippen molar-refractivity contribution >= 4 is 70.6 Å². The molecule has 2 aliphatic rings. The molecular weight excluding hydrogens is 940 g/mol. The van der Waals surface area contributed by atoms with E-state index in [0.717, 1.165) is 7.11 Å². The van der Waals surface area contributed by atoms with Gasteiger partial charge in [-0.25, -0.2) is 9.59 Å². The summed E-state index contributed by atoms with van der Waals surface area (Å²) in [5.41, 5.74) is 19.8. The number of nitrogens with one attached hydrogen (secondary N) is 7. The number of urea groups is 2. The number of fused-ring (bicyclic) bond motifs is 1. The van der Waals surface area contributed by atoms with Crippen LogP contribution in [0.15, 0.2) is 4.79 Å². The fraction of sp³-hybridized carbons (Fsp3) is 0.440. The van der Waals surface area contributed by atoms with Crippen LogP contribution in [-0.4, -0.2) is 94.1 Å². The summed E-state index contributed by atoms with van der Waals surface area (Å²) in [6, 6.07) is -5.22. The second-order valence-electron chi connectivity index (χ2n) is 8.66. The van der Waals surface area contributed by atoms with Gasteiger partial charge in [0.15, 0.2) is 29.2 Å². The van der Waals surface area contributed by atoms with E-state index in [2.05, 4.69) is 15.3 Å². The molecule has 0 saturated carbocycles. The van der Waals surface area contributed by atoms with E-state index < -0.39 is 59.5 Å². The summed E-state index contributed by atoms with van der Waals surface area (Å²) >= 11 is 0. The molecule has 0 unspecified atom stereocenters. The molecule has 15 N–H and O–H groups in total. The summed E-state index contributed by atoms with van der Waals surface area (Å²) in [6.45, 7) is 5.02. The van der Waals surface area contributed by atoms with E-state index in [4.69, 9.17) is 33.5 Å². The number of amides is 7. The minimum Gasteiger partial charge on any atom is -0.857 e. The molecule has 1 fully saturated rings. The van der Waals surface area contributed by atoms with Crippen molar-refractivity contribution in [3.63, 3.8) is 0 Å². The summed E-state index contributed by atoms with van der Waals surface area (Å²) in [5, 5.41) is 25.5. The van der Waals surface area contributed by atoms with Crippen LogP contribution >= 0.6 is 0 Å². The molecule has 0 atom stereocenters.